The van der Waals surface area contributed by atoms with E-state index in [4.69, 9.17) is 0 Å². The van der Waals surface area contributed by atoms with Gasteiger partial charge in [0, 0.05) is 6.21 Å². The quantitative estimate of drug-likeness (QED) is 0.665. The first-order chi connectivity index (χ1) is 6.24. The van der Waals surface area contributed by atoms with Crippen molar-refractivity contribution in [2.75, 3.05) is 0 Å². The topological polar surface area (TPSA) is 38.1 Å². The average molecular weight is 177 g/mol. The zero-order valence-corrected chi connectivity index (χ0v) is 8.36. The van der Waals surface area contributed by atoms with E-state index in [0.29, 0.717) is 5.92 Å². The standard InChI is InChI=1S/C10H15N3/c1-4-8(2)5-12-10-6-11-7-13-9(10)3/h5-8H,4H2,1-3H3/b12-5-. The number of hydrogen-bond donors (Lipinski definition) is 0. The van der Waals surface area contributed by atoms with Gasteiger partial charge in [-0.1, -0.05) is 13.8 Å². The summed E-state index contributed by atoms with van der Waals surface area (Å²) in [6.45, 7) is 6.22. The third-order valence-electron chi connectivity index (χ3n) is 2.00. The largest absolute Gasteiger partial charge is 0.257 e. The van der Waals surface area contributed by atoms with Crippen LogP contribution in [0.1, 0.15) is 26.0 Å². The second kappa shape index (κ2) is 4.70. The first-order valence-corrected chi connectivity index (χ1v) is 4.54. The Morgan fingerprint density at radius 1 is 1.62 bits per heavy atom. The molecule has 1 aromatic heterocycles. The molecule has 1 rings (SSSR count). The molecule has 3 heteroatoms. The summed E-state index contributed by atoms with van der Waals surface area (Å²) in [6.07, 6.45) is 6.33. The summed E-state index contributed by atoms with van der Waals surface area (Å²) < 4.78 is 0. The summed E-state index contributed by atoms with van der Waals surface area (Å²) in [4.78, 5) is 12.3. The molecule has 70 valence electrons. The van der Waals surface area contributed by atoms with Crippen LogP contribution in [0.15, 0.2) is 17.5 Å². The maximum Gasteiger partial charge on any atom is 0.115 e. The van der Waals surface area contributed by atoms with Crippen LogP contribution in [0, 0.1) is 12.8 Å². The highest BCUT2D eigenvalue weighted by atomic mass is 14.9. The molecule has 0 aromatic carbocycles. The van der Waals surface area contributed by atoms with Gasteiger partial charge in [-0.3, -0.25) is 4.99 Å². The lowest BCUT2D eigenvalue weighted by Gasteiger charge is -2.00. The molecule has 0 radical (unpaired) electrons. The molecule has 0 aliphatic carbocycles. The fourth-order valence-corrected chi connectivity index (χ4v) is 0.823. The van der Waals surface area contributed by atoms with E-state index in [1.54, 1.807) is 6.20 Å². The van der Waals surface area contributed by atoms with Gasteiger partial charge in [-0.25, -0.2) is 9.97 Å². The summed E-state index contributed by atoms with van der Waals surface area (Å²) >= 11 is 0. The SMILES string of the molecule is CCC(C)/C=N\c1cncnc1C. The summed E-state index contributed by atoms with van der Waals surface area (Å²) in [5, 5.41) is 0. The highest BCUT2D eigenvalue weighted by Gasteiger charge is 1.96. The van der Waals surface area contributed by atoms with Crippen LogP contribution in [0.5, 0.6) is 0 Å². The molecule has 3 nitrogen and oxygen atoms in total. The van der Waals surface area contributed by atoms with Crippen LogP contribution in [-0.2, 0) is 0 Å². The van der Waals surface area contributed by atoms with Gasteiger partial charge in [-0.15, -0.1) is 0 Å². The van der Waals surface area contributed by atoms with E-state index in [9.17, 15) is 0 Å². The van der Waals surface area contributed by atoms with Crippen molar-refractivity contribution in [3.63, 3.8) is 0 Å². The van der Waals surface area contributed by atoms with Crippen molar-refractivity contribution in [3.05, 3.63) is 18.2 Å². The van der Waals surface area contributed by atoms with E-state index in [0.717, 1.165) is 17.8 Å². The molecular formula is C10H15N3. The van der Waals surface area contributed by atoms with E-state index < -0.39 is 0 Å². The molecule has 0 aliphatic rings. The second-order valence-corrected chi connectivity index (χ2v) is 3.16. The van der Waals surface area contributed by atoms with E-state index in [2.05, 4.69) is 28.8 Å². The maximum absolute atomic E-state index is 4.33. The Bertz CT molecular complexity index is 294. The van der Waals surface area contributed by atoms with Crippen LogP contribution in [0.4, 0.5) is 5.69 Å². The molecule has 1 aromatic rings. The molecule has 1 unspecified atom stereocenters. The van der Waals surface area contributed by atoms with Gasteiger partial charge in [0.05, 0.1) is 11.9 Å². The van der Waals surface area contributed by atoms with Crippen molar-refractivity contribution in [2.45, 2.75) is 27.2 Å². The molecule has 0 aliphatic heterocycles. The number of aliphatic imine (C=N–C) groups is 1. The molecule has 0 spiro atoms. The van der Waals surface area contributed by atoms with Gasteiger partial charge in [0.25, 0.3) is 0 Å². The van der Waals surface area contributed by atoms with Crippen molar-refractivity contribution in [3.8, 4) is 0 Å². The Morgan fingerprint density at radius 3 is 3.00 bits per heavy atom. The molecule has 0 saturated heterocycles. The van der Waals surface area contributed by atoms with Crippen LogP contribution in [-0.4, -0.2) is 16.2 Å². The summed E-state index contributed by atoms with van der Waals surface area (Å²) in [6, 6.07) is 0. The highest BCUT2D eigenvalue weighted by Crippen LogP contribution is 2.13. The van der Waals surface area contributed by atoms with E-state index >= 15 is 0 Å². The summed E-state index contributed by atoms with van der Waals surface area (Å²) in [7, 11) is 0. The van der Waals surface area contributed by atoms with Gasteiger partial charge in [-0.2, -0.15) is 0 Å². The molecule has 0 amide bonds. The molecular weight excluding hydrogens is 162 g/mol. The molecule has 1 atom stereocenters. The predicted octanol–water partition coefficient (Wildman–Crippen LogP) is 2.53. The molecule has 1 heterocycles. The monoisotopic (exact) mass is 177 g/mol. The smallest absolute Gasteiger partial charge is 0.115 e. The number of rotatable bonds is 3. The average Bonchev–Trinajstić information content (AvgIpc) is 2.16. The molecule has 0 bridgehead atoms. The van der Waals surface area contributed by atoms with Crippen molar-refractivity contribution in [1.82, 2.24) is 9.97 Å². The lowest BCUT2D eigenvalue weighted by atomic mass is 10.1. The van der Waals surface area contributed by atoms with Crippen LogP contribution in [0.25, 0.3) is 0 Å². The Balaban J connectivity index is 2.74. The molecule has 13 heavy (non-hydrogen) atoms. The van der Waals surface area contributed by atoms with Crippen LogP contribution >= 0.6 is 0 Å². The van der Waals surface area contributed by atoms with E-state index in [1.165, 1.54) is 6.33 Å². The fourth-order valence-electron chi connectivity index (χ4n) is 0.823. The number of aryl methyl sites for hydroxylation is 1. The Hall–Kier alpha value is -1.25. The van der Waals surface area contributed by atoms with Gasteiger partial charge in [-0.05, 0) is 19.3 Å². The summed E-state index contributed by atoms with van der Waals surface area (Å²) in [5.41, 5.74) is 1.79. The Morgan fingerprint density at radius 2 is 2.38 bits per heavy atom. The lowest BCUT2D eigenvalue weighted by Crippen LogP contribution is -1.92. The minimum absolute atomic E-state index is 0.514. The Kier molecular flexibility index (Phi) is 3.55. The van der Waals surface area contributed by atoms with Gasteiger partial charge in [0.2, 0.25) is 0 Å². The van der Waals surface area contributed by atoms with Gasteiger partial charge < -0.3 is 0 Å². The van der Waals surface area contributed by atoms with Crippen LogP contribution in [0.3, 0.4) is 0 Å². The third-order valence-corrected chi connectivity index (χ3v) is 2.00. The normalized spacial score (nSPS) is 13.5. The van der Waals surface area contributed by atoms with Crippen LogP contribution < -0.4 is 0 Å². The number of aromatic nitrogens is 2. The predicted molar refractivity (Wildman–Crippen MR) is 54.4 cm³/mol. The molecule has 0 saturated carbocycles. The minimum Gasteiger partial charge on any atom is -0.257 e. The number of hydrogen-bond acceptors (Lipinski definition) is 3. The summed E-state index contributed by atoms with van der Waals surface area (Å²) in [5.74, 6) is 0.514. The zero-order chi connectivity index (χ0) is 9.68. The number of nitrogens with zero attached hydrogens (tertiary/aromatic N) is 3. The van der Waals surface area contributed by atoms with Crippen molar-refractivity contribution < 1.29 is 0 Å². The van der Waals surface area contributed by atoms with Gasteiger partial charge in [0.15, 0.2) is 0 Å². The minimum atomic E-state index is 0.514. The maximum atomic E-state index is 4.33. The molecule has 0 fully saturated rings. The highest BCUT2D eigenvalue weighted by molar-refractivity contribution is 5.65. The zero-order valence-electron chi connectivity index (χ0n) is 8.36. The van der Waals surface area contributed by atoms with Gasteiger partial charge in [0.1, 0.15) is 12.0 Å². The fraction of sp³-hybridized carbons (Fsp3) is 0.500. The van der Waals surface area contributed by atoms with Gasteiger partial charge >= 0.3 is 0 Å². The lowest BCUT2D eigenvalue weighted by molar-refractivity contribution is 0.754. The Labute approximate surface area is 79.0 Å². The third kappa shape index (κ3) is 2.93. The van der Waals surface area contributed by atoms with Crippen LogP contribution in [0.2, 0.25) is 0 Å². The van der Waals surface area contributed by atoms with E-state index in [1.807, 2.05) is 13.1 Å². The first kappa shape index (κ1) is 9.84. The van der Waals surface area contributed by atoms with Crippen molar-refractivity contribution in [2.24, 2.45) is 10.9 Å². The second-order valence-electron chi connectivity index (χ2n) is 3.16. The van der Waals surface area contributed by atoms with Crippen molar-refractivity contribution >= 4 is 11.9 Å². The van der Waals surface area contributed by atoms with Crippen molar-refractivity contribution in [1.29, 1.82) is 0 Å². The first-order valence-electron chi connectivity index (χ1n) is 4.54. The molecule has 0 N–H and O–H groups in total. The van der Waals surface area contributed by atoms with E-state index in [-0.39, 0.29) is 0 Å².